The molecule has 0 radical (unpaired) electrons. The van der Waals surface area contributed by atoms with E-state index in [-0.39, 0.29) is 5.69 Å². The van der Waals surface area contributed by atoms with E-state index in [0.29, 0.717) is 10.6 Å². The Morgan fingerprint density at radius 1 is 1.12 bits per heavy atom. The lowest BCUT2D eigenvalue weighted by Gasteiger charge is -2.07. The number of benzene rings is 1. The zero-order valence-corrected chi connectivity index (χ0v) is 9.66. The molecule has 1 heterocycles. The van der Waals surface area contributed by atoms with E-state index in [4.69, 9.17) is 23.2 Å². The summed E-state index contributed by atoms with van der Waals surface area (Å²) in [4.78, 5) is 15.2. The fourth-order valence-corrected chi connectivity index (χ4v) is 1.86. The molecule has 2 nitrogen and oxygen atoms in total. The number of carbonyl (C=O) groups is 1. The fourth-order valence-electron chi connectivity index (χ4n) is 1.47. The minimum Gasteiger partial charge on any atom is -0.274 e. The number of aromatic nitrogens is 1. The highest BCUT2D eigenvalue weighted by Crippen LogP contribution is 2.30. The number of nitrogens with zero attached hydrogens (tertiary/aromatic N) is 1. The van der Waals surface area contributed by atoms with Gasteiger partial charge in [-0.05, 0) is 23.2 Å². The predicted octanol–water partition coefficient (Wildman–Crippen LogP) is 3.78. The predicted molar refractivity (Wildman–Crippen MR) is 64.9 cm³/mol. The minimum absolute atomic E-state index is 0.181. The van der Waals surface area contributed by atoms with Crippen molar-refractivity contribution in [3.8, 4) is 11.1 Å². The van der Waals surface area contributed by atoms with Gasteiger partial charge >= 0.3 is 0 Å². The summed E-state index contributed by atoms with van der Waals surface area (Å²) in [5.41, 5.74) is 1.58. The van der Waals surface area contributed by atoms with Crippen molar-refractivity contribution in [3.63, 3.8) is 0 Å². The second-order valence-corrected chi connectivity index (χ2v) is 3.91. The van der Waals surface area contributed by atoms with Crippen LogP contribution in [-0.2, 0) is 0 Å². The molecule has 0 saturated heterocycles. The van der Waals surface area contributed by atoms with Crippen molar-refractivity contribution in [2.45, 2.75) is 0 Å². The van der Waals surface area contributed by atoms with E-state index >= 15 is 0 Å². The van der Waals surface area contributed by atoms with Gasteiger partial charge in [-0.3, -0.25) is 9.78 Å². The molecular formula is C12H7Cl2NO. The number of carbonyl (C=O) groups excluding carboxylic acids is 1. The van der Waals surface area contributed by atoms with Crippen LogP contribution in [-0.4, -0.2) is 10.2 Å². The largest absolute Gasteiger partial charge is 0.274 e. The first-order valence-corrected chi connectivity index (χ1v) is 5.35. The van der Waals surface area contributed by atoms with Crippen molar-refractivity contribution in [1.29, 1.82) is 0 Å². The average molecular weight is 252 g/mol. The summed E-state index contributed by atoms with van der Waals surface area (Å²) >= 11 is 11.5. The lowest BCUT2D eigenvalue weighted by atomic mass is 10.0. The van der Waals surface area contributed by atoms with Crippen molar-refractivity contribution in [3.05, 3.63) is 53.3 Å². The van der Waals surface area contributed by atoms with E-state index in [2.05, 4.69) is 4.98 Å². The van der Waals surface area contributed by atoms with Crippen molar-refractivity contribution < 1.29 is 4.79 Å². The highest BCUT2D eigenvalue weighted by atomic mass is 35.5. The van der Waals surface area contributed by atoms with Crippen molar-refractivity contribution in [2.24, 2.45) is 0 Å². The molecule has 1 aromatic heterocycles. The lowest BCUT2D eigenvalue weighted by molar-refractivity contribution is 0.107. The third kappa shape index (κ3) is 2.08. The minimum atomic E-state index is -0.610. The maximum atomic E-state index is 11.2. The molecule has 0 spiro atoms. The zero-order chi connectivity index (χ0) is 11.5. The molecule has 0 aliphatic carbocycles. The average Bonchev–Trinajstić information content (AvgIpc) is 2.29. The van der Waals surface area contributed by atoms with E-state index in [1.807, 2.05) is 30.3 Å². The van der Waals surface area contributed by atoms with Crippen LogP contribution in [0, 0.1) is 0 Å². The van der Waals surface area contributed by atoms with Gasteiger partial charge < -0.3 is 0 Å². The molecule has 0 amide bonds. The summed E-state index contributed by atoms with van der Waals surface area (Å²) in [5, 5.41) is -0.147. The first kappa shape index (κ1) is 11.1. The molecular weight excluding hydrogens is 245 g/mol. The van der Waals surface area contributed by atoms with Crippen molar-refractivity contribution in [1.82, 2.24) is 4.98 Å². The number of pyridine rings is 1. The maximum Gasteiger partial charge on any atom is 0.271 e. The first-order chi connectivity index (χ1) is 7.70. The summed E-state index contributed by atoms with van der Waals surface area (Å²) in [6.45, 7) is 0. The van der Waals surface area contributed by atoms with Gasteiger partial charge in [0.25, 0.3) is 5.24 Å². The van der Waals surface area contributed by atoms with E-state index in [9.17, 15) is 4.79 Å². The van der Waals surface area contributed by atoms with Gasteiger partial charge in [0.15, 0.2) is 0 Å². The second-order valence-electron chi connectivity index (χ2n) is 3.16. The first-order valence-electron chi connectivity index (χ1n) is 4.60. The van der Waals surface area contributed by atoms with Crippen LogP contribution in [0.3, 0.4) is 0 Å². The molecule has 0 fully saturated rings. The van der Waals surface area contributed by atoms with Gasteiger partial charge in [-0.2, -0.15) is 0 Å². The third-order valence-corrected chi connectivity index (χ3v) is 2.64. The quantitative estimate of drug-likeness (QED) is 0.761. The topological polar surface area (TPSA) is 30.0 Å². The molecule has 0 bridgehead atoms. The Hall–Kier alpha value is -1.38. The molecule has 1 aromatic carbocycles. The van der Waals surface area contributed by atoms with Crippen LogP contribution < -0.4 is 0 Å². The number of hydrogen-bond donors (Lipinski definition) is 0. The Morgan fingerprint density at radius 3 is 2.44 bits per heavy atom. The Kier molecular flexibility index (Phi) is 3.22. The van der Waals surface area contributed by atoms with Crippen LogP contribution in [0.25, 0.3) is 11.1 Å². The molecule has 0 N–H and O–H groups in total. The van der Waals surface area contributed by atoms with Crippen LogP contribution in [0.15, 0.2) is 42.6 Å². The Labute approximate surface area is 103 Å². The number of rotatable bonds is 2. The molecule has 2 rings (SSSR count). The molecule has 0 aliphatic heterocycles. The smallest absolute Gasteiger partial charge is 0.271 e. The SMILES string of the molecule is O=C(Cl)c1nccc(Cl)c1-c1ccccc1. The van der Waals surface area contributed by atoms with Gasteiger partial charge in [-0.15, -0.1) is 0 Å². The normalized spacial score (nSPS) is 10.1. The van der Waals surface area contributed by atoms with Gasteiger partial charge in [0.2, 0.25) is 0 Å². The Balaban J connectivity index is 2.68. The molecule has 0 atom stereocenters. The monoisotopic (exact) mass is 251 g/mol. The lowest BCUT2D eigenvalue weighted by Crippen LogP contribution is -1.98. The third-order valence-electron chi connectivity index (χ3n) is 2.15. The molecule has 0 unspecified atom stereocenters. The van der Waals surface area contributed by atoms with Crippen LogP contribution in [0.1, 0.15) is 10.5 Å². The molecule has 4 heteroatoms. The molecule has 0 aliphatic rings. The van der Waals surface area contributed by atoms with Gasteiger partial charge in [0.1, 0.15) is 5.69 Å². The van der Waals surface area contributed by atoms with Gasteiger partial charge in [-0.1, -0.05) is 41.9 Å². The summed E-state index contributed by atoms with van der Waals surface area (Å²) in [6.07, 6.45) is 1.46. The zero-order valence-electron chi connectivity index (χ0n) is 8.15. The van der Waals surface area contributed by atoms with Crippen LogP contribution in [0.4, 0.5) is 0 Å². The standard InChI is InChI=1S/C12H7Cl2NO/c13-9-6-7-15-11(12(14)16)10(9)8-4-2-1-3-5-8/h1-7H. The fraction of sp³-hybridized carbons (Fsp3) is 0. The van der Waals surface area contributed by atoms with Crippen LogP contribution in [0.5, 0.6) is 0 Å². The van der Waals surface area contributed by atoms with E-state index in [0.717, 1.165) is 5.56 Å². The van der Waals surface area contributed by atoms with E-state index in [1.165, 1.54) is 6.20 Å². The summed E-state index contributed by atoms with van der Waals surface area (Å²) in [7, 11) is 0. The molecule has 16 heavy (non-hydrogen) atoms. The van der Waals surface area contributed by atoms with Gasteiger partial charge in [0, 0.05) is 11.8 Å². The Bertz CT molecular complexity index is 526. The summed E-state index contributed by atoms with van der Waals surface area (Å²) in [6, 6.07) is 10.9. The van der Waals surface area contributed by atoms with Crippen molar-refractivity contribution in [2.75, 3.05) is 0 Å². The molecule has 0 saturated carbocycles. The van der Waals surface area contributed by atoms with E-state index in [1.54, 1.807) is 6.07 Å². The van der Waals surface area contributed by atoms with Crippen LogP contribution in [0.2, 0.25) is 5.02 Å². The number of halogens is 2. The van der Waals surface area contributed by atoms with Gasteiger partial charge in [-0.25, -0.2) is 0 Å². The summed E-state index contributed by atoms with van der Waals surface area (Å²) in [5.74, 6) is 0. The number of hydrogen-bond acceptors (Lipinski definition) is 2. The molecule has 2 aromatic rings. The molecule has 80 valence electrons. The second kappa shape index (κ2) is 4.64. The van der Waals surface area contributed by atoms with Gasteiger partial charge in [0.05, 0.1) is 5.02 Å². The highest BCUT2D eigenvalue weighted by molar-refractivity contribution is 6.68. The van der Waals surface area contributed by atoms with Crippen molar-refractivity contribution >= 4 is 28.4 Å². The maximum absolute atomic E-state index is 11.2. The van der Waals surface area contributed by atoms with E-state index < -0.39 is 5.24 Å². The highest BCUT2D eigenvalue weighted by Gasteiger charge is 2.15. The van der Waals surface area contributed by atoms with Crippen LogP contribution >= 0.6 is 23.2 Å². The summed E-state index contributed by atoms with van der Waals surface area (Å²) < 4.78 is 0. The Morgan fingerprint density at radius 2 is 1.81 bits per heavy atom.